The van der Waals surface area contributed by atoms with Gasteiger partial charge in [-0.05, 0) is 0 Å². The van der Waals surface area contributed by atoms with Crippen LogP contribution in [0.15, 0.2) is 15.2 Å². The molecular formula is C2H2ClN4O2S-. The molecule has 0 bridgehead atoms. The number of hydrogen-bond acceptors (Lipinski definition) is 6. The quantitative estimate of drug-likeness (QED) is 0.335. The topological polar surface area (TPSA) is 103 Å². The van der Waals surface area contributed by atoms with Gasteiger partial charge in [-0.1, -0.05) is 11.6 Å². The highest BCUT2D eigenvalue weighted by molar-refractivity contribution is 7.82. The average molecular weight is 182 g/mol. The molecule has 6 nitrogen and oxygen atoms in total. The van der Waals surface area contributed by atoms with Crippen LogP contribution in [0.4, 0.5) is 0 Å². The van der Waals surface area contributed by atoms with E-state index in [0.29, 0.717) is 0 Å². The minimum Gasteiger partial charge on any atom is -0.768 e. The van der Waals surface area contributed by atoms with E-state index in [1.807, 2.05) is 0 Å². The van der Waals surface area contributed by atoms with Gasteiger partial charge in [0.2, 0.25) is 5.96 Å². The highest BCUT2D eigenvalue weighted by atomic mass is 35.5. The Hall–Kier alpha value is -0.530. The van der Waals surface area contributed by atoms with Crippen LogP contribution >= 0.6 is 11.6 Å². The van der Waals surface area contributed by atoms with Gasteiger partial charge in [-0.15, -0.1) is 10.2 Å². The van der Waals surface area contributed by atoms with Crippen LogP contribution in [-0.2, 0) is 11.1 Å². The molecule has 0 radical (unpaired) electrons. The summed E-state index contributed by atoms with van der Waals surface area (Å²) < 4.78 is 18.4. The van der Waals surface area contributed by atoms with Gasteiger partial charge >= 0.3 is 4.45 Å². The molecule has 0 aromatic carbocycles. The summed E-state index contributed by atoms with van der Waals surface area (Å²) in [7, 11) is 0. The number of guanidine groups is 1. The van der Waals surface area contributed by atoms with Crippen LogP contribution in [0.2, 0.25) is 0 Å². The second-order valence-electron chi connectivity index (χ2n) is 1.43. The molecule has 0 saturated carbocycles. The number of nitrogens with two attached hydrogens (primary N) is 1. The average Bonchev–Trinajstić information content (AvgIpc) is 2.13. The zero-order valence-electron chi connectivity index (χ0n) is 4.52. The summed E-state index contributed by atoms with van der Waals surface area (Å²) in [6, 6.07) is 0. The lowest BCUT2D eigenvalue weighted by atomic mass is 11.0. The third-order valence-electron chi connectivity index (χ3n) is 0.740. The van der Waals surface area contributed by atoms with Crippen LogP contribution in [0, 0.1) is 0 Å². The van der Waals surface area contributed by atoms with Crippen molar-refractivity contribution in [3.05, 3.63) is 0 Å². The van der Waals surface area contributed by atoms with Gasteiger partial charge in [0.1, 0.15) is 0 Å². The Kier molecular flexibility index (Phi) is 1.71. The van der Waals surface area contributed by atoms with Crippen molar-refractivity contribution in [2.45, 2.75) is 4.45 Å². The second kappa shape index (κ2) is 2.26. The molecule has 2 unspecified atom stereocenters. The zero-order chi connectivity index (χ0) is 7.78. The van der Waals surface area contributed by atoms with E-state index >= 15 is 0 Å². The van der Waals surface area contributed by atoms with E-state index in [1.165, 1.54) is 0 Å². The minimum atomic E-state index is -2.64. The molecule has 10 heavy (non-hydrogen) atoms. The van der Waals surface area contributed by atoms with Crippen molar-refractivity contribution >= 4 is 28.6 Å². The standard InChI is InChI=1S/C2H3ClN4O2S/c3-2(10(8)9)5-1(4)6-7-2/h(H2,4,5)(H,8,9)/p-1. The predicted octanol–water partition coefficient (Wildman–Crippen LogP) is -0.504. The first-order valence-electron chi connectivity index (χ1n) is 2.11. The van der Waals surface area contributed by atoms with Crippen LogP contribution in [0.25, 0.3) is 0 Å². The van der Waals surface area contributed by atoms with Crippen LogP contribution < -0.4 is 5.73 Å². The maximum atomic E-state index is 10.2. The summed E-state index contributed by atoms with van der Waals surface area (Å²) in [5.41, 5.74) is 4.98. The summed E-state index contributed by atoms with van der Waals surface area (Å²) in [6.07, 6.45) is 0. The SMILES string of the molecule is NC1=NC(Cl)(S(=O)[O-])N=N1. The van der Waals surface area contributed by atoms with Crippen molar-refractivity contribution in [2.75, 3.05) is 0 Å². The molecule has 8 heteroatoms. The van der Waals surface area contributed by atoms with Crippen molar-refractivity contribution < 1.29 is 8.76 Å². The number of halogens is 1. The molecule has 0 aliphatic carbocycles. The van der Waals surface area contributed by atoms with Crippen molar-refractivity contribution in [3.63, 3.8) is 0 Å². The normalized spacial score (nSPS) is 34.0. The fourth-order valence-electron chi connectivity index (χ4n) is 0.370. The molecule has 0 saturated heterocycles. The fraction of sp³-hybridized carbons (Fsp3) is 0.500. The molecule has 1 aliphatic rings. The van der Waals surface area contributed by atoms with Gasteiger partial charge in [0.25, 0.3) is 0 Å². The van der Waals surface area contributed by atoms with E-state index in [-0.39, 0.29) is 5.96 Å². The highest BCUT2D eigenvalue weighted by Gasteiger charge is 2.31. The maximum Gasteiger partial charge on any atom is 0.312 e. The molecule has 0 amide bonds. The molecule has 2 atom stereocenters. The number of rotatable bonds is 1. The molecule has 0 aromatic heterocycles. The van der Waals surface area contributed by atoms with E-state index in [4.69, 9.17) is 17.3 Å². The largest absolute Gasteiger partial charge is 0.768 e. The van der Waals surface area contributed by atoms with Crippen molar-refractivity contribution in [3.8, 4) is 0 Å². The third kappa shape index (κ3) is 1.15. The van der Waals surface area contributed by atoms with E-state index in [9.17, 15) is 8.76 Å². The molecule has 56 valence electrons. The molecular weight excluding hydrogens is 180 g/mol. The minimum absolute atomic E-state index is 0.237. The van der Waals surface area contributed by atoms with E-state index < -0.39 is 15.5 Å². The van der Waals surface area contributed by atoms with Crippen LogP contribution in [0.5, 0.6) is 0 Å². The molecule has 0 spiro atoms. The van der Waals surface area contributed by atoms with E-state index in [1.54, 1.807) is 0 Å². The fourth-order valence-corrected chi connectivity index (χ4v) is 0.769. The monoisotopic (exact) mass is 181 g/mol. The third-order valence-corrected chi connectivity index (χ3v) is 1.88. The number of azo groups is 1. The molecule has 1 aliphatic heterocycles. The predicted molar refractivity (Wildman–Crippen MR) is 34.0 cm³/mol. The van der Waals surface area contributed by atoms with Gasteiger partial charge in [-0.25, -0.2) is 0 Å². The Balaban J connectivity index is 2.95. The molecule has 1 rings (SSSR count). The van der Waals surface area contributed by atoms with Gasteiger partial charge < -0.3 is 10.3 Å². The summed E-state index contributed by atoms with van der Waals surface area (Å²) >= 11 is 2.62. The van der Waals surface area contributed by atoms with Crippen LogP contribution in [0.3, 0.4) is 0 Å². The zero-order valence-corrected chi connectivity index (χ0v) is 6.09. The molecule has 1 heterocycles. The first kappa shape index (κ1) is 7.58. The lowest BCUT2D eigenvalue weighted by Crippen LogP contribution is -2.20. The smallest absolute Gasteiger partial charge is 0.312 e. The van der Waals surface area contributed by atoms with Crippen LogP contribution in [0.1, 0.15) is 0 Å². The van der Waals surface area contributed by atoms with Gasteiger partial charge in [0, 0.05) is 11.1 Å². The number of nitrogens with zero attached hydrogens (tertiary/aromatic N) is 3. The maximum absolute atomic E-state index is 10.2. The summed E-state index contributed by atoms with van der Waals surface area (Å²) in [6.45, 7) is 0. The second-order valence-corrected chi connectivity index (χ2v) is 3.22. The van der Waals surface area contributed by atoms with Gasteiger partial charge in [0.05, 0.1) is 0 Å². The van der Waals surface area contributed by atoms with Gasteiger partial charge in [-0.3, -0.25) is 4.21 Å². The first-order chi connectivity index (χ1) is 4.54. The number of alkyl halides is 1. The lowest BCUT2D eigenvalue weighted by Gasteiger charge is -2.14. The Bertz CT molecular complexity index is 239. The molecule has 0 fully saturated rings. The Labute approximate surface area is 63.5 Å². The number of aliphatic imine (C=N–C) groups is 1. The van der Waals surface area contributed by atoms with Gasteiger partial charge in [0.15, 0.2) is 0 Å². The highest BCUT2D eigenvalue weighted by Crippen LogP contribution is 2.26. The van der Waals surface area contributed by atoms with Crippen molar-refractivity contribution in [1.29, 1.82) is 0 Å². The number of hydrogen-bond donors (Lipinski definition) is 1. The molecule has 2 N–H and O–H groups in total. The van der Waals surface area contributed by atoms with Gasteiger partial charge in [-0.2, -0.15) is 4.99 Å². The first-order valence-corrected chi connectivity index (χ1v) is 3.56. The van der Waals surface area contributed by atoms with Crippen LogP contribution in [-0.4, -0.2) is 19.2 Å². The van der Waals surface area contributed by atoms with Crippen molar-refractivity contribution in [1.82, 2.24) is 0 Å². The Morgan fingerprint density at radius 1 is 1.80 bits per heavy atom. The van der Waals surface area contributed by atoms with E-state index in [2.05, 4.69) is 15.2 Å². The summed E-state index contributed by atoms with van der Waals surface area (Å²) in [4.78, 5) is 3.23. The molecule has 0 aromatic rings. The van der Waals surface area contributed by atoms with Crippen molar-refractivity contribution in [2.24, 2.45) is 21.0 Å². The Morgan fingerprint density at radius 2 is 2.40 bits per heavy atom. The van der Waals surface area contributed by atoms with E-state index in [0.717, 1.165) is 0 Å². The summed E-state index contributed by atoms with van der Waals surface area (Å²) in [5.74, 6) is -0.237. The lowest BCUT2D eigenvalue weighted by molar-refractivity contribution is 0.516. The Morgan fingerprint density at radius 3 is 2.60 bits per heavy atom. The summed E-state index contributed by atoms with van der Waals surface area (Å²) in [5, 5.41) is 6.24.